The van der Waals surface area contributed by atoms with Crippen molar-refractivity contribution in [3.8, 4) is 0 Å². The first-order valence-corrected chi connectivity index (χ1v) is 18.6. The molecule has 0 heterocycles. The van der Waals surface area contributed by atoms with E-state index in [0.717, 1.165) is 23.5 Å². The number of anilines is 5. The van der Waals surface area contributed by atoms with Crippen LogP contribution in [0.25, 0.3) is 11.6 Å². The molecule has 0 amide bonds. The molecule has 0 aliphatic rings. The Hall–Kier alpha value is -6.00. The predicted molar refractivity (Wildman–Crippen MR) is 238 cm³/mol. The van der Waals surface area contributed by atoms with Crippen molar-refractivity contribution in [2.75, 3.05) is 16.8 Å². The molecule has 5 aromatic rings. The summed E-state index contributed by atoms with van der Waals surface area (Å²) in [7, 11) is 2.11. The van der Waals surface area contributed by atoms with E-state index in [2.05, 4.69) is 176 Å². The van der Waals surface area contributed by atoms with Crippen LogP contribution in [-0.2, 0) is 9.59 Å². The van der Waals surface area contributed by atoms with E-state index in [-0.39, 0.29) is 5.78 Å². The third-order valence-corrected chi connectivity index (χ3v) is 7.62. The molecule has 0 N–H and O–H groups in total. The Morgan fingerprint density at radius 3 is 1.31 bits per heavy atom. The van der Waals surface area contributed by atoms with Gasteiger partial charge in [0.15, 0.2) is 0 Å². The Morgan fingerprint density at radius 1 is 0.574 bits per heavy atom. The van der Waals surface area contributed by atoms with Crippen LogP contribution in [0.3, 0.4) is 0 Å². The highest BCUT2D eigenvalue weighted by atomic mass is 16.1. The second kappa shape index (κ2) is 27.6. The summed E-state index contributed by atoms with van der Waals surface area (Å²) in [5.41, 5.74) is 10.8. The molecule has 0 aliphatic carbocycles. The largest absolute Gasteiger partial charge is 0.345 e. The predicted octanol–water partition coefficient (Wildman–Crippen LogP) is 14.4. The Labute approximate surface area is 326 Å². The molecular weight excluding hydrogens is 661 g/mol. The highest BCUT2D eigenvalue weighted by Crippen LogP contribution is 2.34. The van der Waals surface area contributed by atoms with Gasteiger partial charge in [0, 0.05) is 35.5 Å². The van der Waals surface area contributed by atoms with E-state index >= 15 is 0 Å². The van der Waals surface area contributed by atoms with Crippen molar-refractivity contribution in [2.45, 2.75) is 61.8 Å². The van der Waals surface area contributed by atoms with Crippen molar-refractivity contribution in [3.63, 3.8) is 0 Å². The van der Waals surface area contributed by atoms with Crippen LogP contribution in [0.4, 0.5) is 28.4 Å². The maximum absolute atomic E-state index is 9.44. The fraction of sp³-hybridized carbons (Fsp3) is 0.200. The van der Waals surface area contributed by atoms with E-state index in [1.165, 1.54) is 47.5 Å². The third-order valence-electron chi connectivity index (χ3n) is 7.62. The van der Waals surface area contributed by atoms with E-state index in [0.29, 0.717) is 0 Å². The summed E-state index contributed by atoms with van der Waals surface area (Å²) in [5.74, 6) is 0.167. The van der Waals surface area contributed by atoms with Gasteiger partial charge in [0.1, 0.15) is 12.6 Å². The molecule has 0 unspecified atom stereocenters. The van der Waals surface area contributed by atoms with Gasteiger partial charge in [0.05, 0.1) is 0 Å². The number of allylic oxidation sites excluding steroid dienone is 7. The molecule has 0 fully saturated rings. The van der Waals surface area contributed by atoms with Crippen LogP contribution in [0, 0.1) is 0 Å². The lowest BCUT2D eigenvalue weighted by Crippen LogP contribution is -2.09. The van der Waals surface area contributed by atoms with Crippen LogP contribution >= 0.6 is 0 Å². The van der Waals surface area contributed by atoms with Crippen LogP contribution in [0.15, 0.2) is 175 Å². The summed E-state index contributed by atoms with van der Waals surface area (Å²) < 4.78 is 0. The van der Waals surface area contributed by atoms with Gasteiger partial charge in [-0.15, -0.1) is 0 Å². The van der Waals surface area contributed by atoms with Gasteiger partial charge in [0.2, 0.25) is 0 Å². The maximum Gasteiger partial charge on any atom is 0.126 e. The number of Topliss-reactive ketones (excluding diaryl/α,β-unsaturated/α-hetero) is 1. The lowest BCUT2D eigenvalue weighted by Gasteiger charge is -2.25. The number of para-hydroxylation sites is 3. The zero-order chi connectivity index (χ0) is 40.1. The molecule has 282 valence electrons. The van der Waals surface area contributed by atoms with Gasteiger partial charge in [-0.3, -0.25) is 0 Å². The Morgan fingerprint density at radius 2 is 0.926 bits per heavy atom. The molecule has 0 radical (unpaired) electrons. The Balaban J connectivity index is 0.000000903. The summed E-state index contributed by atoms with van der Waals surface area (Å²) in [6.45, 7) is 17.5. The smallest absolute Gasteiger partial charge is 0.126 e. The molecule has 0 aliphatic heterocycles. The molecule has 54 heavy (non-hydrogen) atoms. The van der Waals surface area contributed by atoms with Crippen molar-refractivity contribution in [1.82, 2.24) is 0 Å². The van der Waals surface area contributed by atoms with E-state index in [9.17, 15) is 4.79 Å². The number of rotatable bonds is 10. The molecule has 0 spiro atoms. The molecule has 0 atom stereocenters. The standard InChI is InChI=1S/C38H36N2.C6H10.C3H6O.C2H6.CH2O/c1-4-32(33-22-26-35(27-23-33)39(3)34-14-8-5-9-15-34)29-30(2)28-31-20-24-38(25-21-31)40(36-16-10-6-11-17-36)37-18-12-7-13-19-37;1-3-5-6-4-2;1-3(2)4;2*1-2/h5-29H,4H2,1-3H3;3-6H,1-2H3;1-2H3;1-2H3;1H2/b30-28+,32-29+;5-3-,6-4-;;;. The first kappa shape index (κ1) is 46.0. The minimum atomic E-state index is 0.167. The molecule has 0 saturated heterocycles. The van der Waals surface area contributed by atoms with Crippen LogP contribution in [-0.4, -0.2) is 19.6 Å². The number of ketones is 1. The molecule has 0 bridgehead atoms. The number of carbonyl (C=O) groups is 2. The second-order valence-corrected chi connectivity index (χ2v) is 11.9. The van der Waals surface area contributed by atoms with Gasteiger partial charge in [-0.05, 0) is 118 Å². The van der Waals surface area contributed by atoms with Crippen molar-refractivity contribution in [1.29, 1.82) is 0 Å². The Bertz CT molecular complexity index is 1790. The molecule has 4 heteroatoms. The minimum absolute atomic E-state index is 0.167. The third kappa shape index (κ3) is 16.6. The van der Waals surface area contributed by atoms with Crippen molar-refractivity contribution < 1.29 is 9.59 Å². The first-order valence-electron chi connectivity index (χ1n) is 18.6. The van der Waals surface area contributed by atoms with Crippen LogP contribution in [0.5, 0.6) is 0 Å². The van der Waals surface area contributed by atoms with Crippen molar-refractivity contribution in [2.24, 2.45) is 0 Å². The minimum Gasteiger partial charge on any atom is -0.345 e. The molecule has 5 aromatic carbocycles. The Kier molecular flexibility index (Phi) is 23.5. The maximum atomic E-state index is 9.44. The summed E-state index contributed by atoms with van der Waals surface area (Å²) >= 11 is 0. The van der Waals surface area contributed by atoms with Crippen molar-refractivity contribution in [3.05, 3.63) is 187 Å². The number of benzene rings is 5. The summed E-state index contributed by atoms with van der Waals surface area (Å²) in [6.07, 6.45) is 13.5. The number of nitrogens with zero attached hydrogens (tertiary/aromatic N) is 2. The topological polar surface area (TPSA) is 40.6 Å². The lowest BCUT2D eigenvalue weighted by molar-refractivity contribution is -0.115. The number of hydrogen-bond donors (Lipinski definition) is 0. The van der Waals surface area contributed by atoms with Gasteiger partial charge >= 0.3 is 0 Å². The highest BCUT2D eigenvalue weighted by Gasteiger charge is 2.11. The van der Waals surface area contributed by atoms with Gasteiger partial charge in [0.25, 0.3) is 0 Å². The summed E-state index contributed by atoms with van der Waals surface area (Å²) in [4.78, 5) is 21.9. The van der Waals surface area contributed by atoms with Crippen LogP contribution in [0.1, 0.15) is 72.9 Å². The average molecular weight is 721 g/mol. The van der Waals surface area contributed by atoms with E-state index < -0.39 is 0 Å². The van der Waals surface area contributed by atoms with E-state index in [1.54, 1.807) is 0 Å². The van der Waals surface area contributed by atoms with Crippen molar-refractivity contribution >= 4 is 52.7 Å². The zero-order valence-electron chi connectivity index (χ0n) is 33.9. The van der Waals surface area contributed by atoms with Crippen LogP contribution in [0.2, 0.25) is 0 Å². The summed E-state index contributed by atoms with van der Waals surface area (Å²) in [5, 5.41) is 0. The molecule has 4 nitrogen and oxygen atoms in total. The van der Waals surface area contributed by atoms with Gasteiger partial charge < -0.3 is 19.4 Å². The van der Waals surface area contributed by atoms with Gasteiger partial charge in [-0.2, -0.15) is 0 Å². The lowest BCUT2D eigenvalue weighted by atomic mass is 9.99. The first-order chi connectivity index (χ1) is 26.3. The fourth-order valence-electron chi connectivity index (χ4n) is 5.21. The SMILES string of the molecule is C/C=C\C=C/C.C=O.CC.CC(C)=O.CC/C(=C\C(C)=C\c1ccc(N(c2ccccc2)c2ccccc2)cc1)c1ccc(N(C)c2ccccc2)cc1. The number of hydrogen-bond acceptors (Lipinski definition) is 4. The highest BCUT2D eigenvalue weighted by molar-refractivity contribution is 5.78. The normalized spacial score (nSPS) is 10.7. The fourth-order valence-corrected chi connectivity index (χ4v) is 5.21. The monoisotopic (exact) mass is 720 g/mol. The zero-order valence-corrected chi connectivity index (χ0v) is 33.9. The average Bonchev–Trinajstić information content (AvgIpc) is 3.22. The van der Waals surface area contributed by atoms with Gasteiger partial charge in [-0.25, -0.2) is 0 Å². The number of carbonyl (C=O) groups excluding carboxylic acids is 2. The van der Waals surface area contributed by atoms with E-state index in [4.69, 9.17) is 4.79 Å². The molecular formula is C50H60N2O2. The summed E-state index contributed by atoms with van der Waals surface area (Å²) in [6, 6.07) is 49.1. The van der Waals surface area contributed by atoms with Gasteiger partial charge in [-0.1, -0.05) is 142 Å². The second-order valence-electron chi connectivity index (χ2n) is 11.9. The van der Waals surface area contributed by atoms with Crippen LogP contribution < -0.4 is 9.80 Å². The molecule has 5 rings (SSSR count). The quantitative estimate of drug-likeness (QED) is 0.135. The van der Waals surface area contributed by atoms with E-state index in [1.807, 2.05) is 64.9 Å². The molecule has 0 saturated carbocycles. The molecule has 0 aromatic heterocycles.